The lowest BCUT2D eigenvalue weighted by Crippen LogP contribution is -2.15. The van der Waals surface area contributed by atoms with Gasteiger partial charge >= 0.3 is 0 Å². The summed E-state index contributed by atoms with van der Waals surface area (Å²) in [7, 11) is 4.62. The molecule has 24 heavy (non-hydrogen) atoms. The Balaban J connectivity index is 2.25. The number of methoxy groups -OCH3 is 3. The Hall–Kier alpha value is -3.03. The highest BCUT2D eigenvalue weighted by Gasteiger charge is 2.12. The van der Waals surface area contributed by atoms with E-state index in [0.29, 0.717) is 28.5 Å². The zero-order chi connectivity index (χ0) is 17.7. The third-order valence-electron chi connectivity index (χ3n) is 3.47. The molecular weight excluding hydrogens is 312 g/mol. The van der Waals surface area contributed by atoms with Gasteiger partial charge in [0.25, 0.3) is 5.56 Å². The SMILES string of the molecule is COc1cc(/C=N\Nc2nc(C)c(C)c(=O)[nH]2)cc(OC)c1OC. The molecule has 2 N–H and O–H groups in total. The van der Waals surface area contributed by atoms with Crippen molar-refractivity contribution in [1.82, 2.24) is 9.97 Å². The Kier molecular flexibility index (Phi) is 5.41. The molecule has 1 heterocycles. The summed E-state index contributed by atoms with van der Waals surface area (Å²) in [6.45, 7) is 3.47. The molecule has 0 atom stereocenters. The van der Waals surface area contributed by atoms with Crippen molar-refractivity contribution in [2.75, 3.05) is 26.8 Å². The zero-order valence-corrected chi connectivity index (χ0v) is 14.3. The van der Waals surface area contributed by atoms with Gasteiger partial charge in [0.05, 0.1) is 27.5 Å². The number of ether oxygens (including phenoxy) is 3. The average molecular weight is 332 g/mol. The van der Waals surface area contributed by atoms with Crippen LogP contribution in [0, 0.1) is 13.8 Å². The van der Waals surface area contributed by atoms with Crippen LogP contribution in [0.2, 0.25) is 0 Å². The normalized spacial score (nSPS) is 10.7. The number of nitrogens with zero attached hydrogens (tertiary/aromatic N) is 2. The van der Waals surface area contributed by atoms with E-state index in [1.54, 1.807) is 46.4 Å². The largest absolute Gasteiger partial charge is 0.493 e. The molecule has 0 aliphatic rings. The van der Waals surface area contributed by atoms with Crippen molar-refractivity contribution in [2.45, 2.75) is 13.8 Å². The van der Waals surface area contributed by atoms with Crippen LogP contribution in [0.5, 0.6) is 17.2 Å². The Morgan fingerprint density at radius 1 is 1.12 bits per heavy atom. The lowest BCUT2D eigenvalue weighted by Gasteiger charge is -2.12. The van der Waals surface area contributed by atoms with E-state index in [1.165, 1.54) is 7.11 Å². The summed E-state index contributed by atoms with van der Waals surface area (Å²) in [5.74, 6) is 1.82. The van der Waals surface area contributed by atoms with Crippen LogP contribution >= 0.6 is 0 Å². The van der Waals surface area contributed by atoms with Crippen LogP contribution in [0.3, 0.4) is 0 Å². The van der Waals surface area contributed by atoms with E-state index in [0.717, 1.165) is 5.56 Å². The van der Waals surface area contributed by atoms with Crippen molar-refractivity contribution < 1.29 is 14.2 Å². The number of aryl methyl sites for hydroxylation is 1. The molecule has 0 aliphatic carbocycles. The highest BCUT2D eigenvalue weighted by atomic mass is 16.5. The highest BCUT2D eigenvalue weighted by Crippen LogP contribution is 2.37. The van der Waals surface area contributed by atoms with Gasteiger partial charge in [-0.05, 0) is 26.0 Å². The quantitative estimate of drug-likeness (QED) is 0.619. The lowest BCUT2D eigenvalue weighted by atomic mass is 10.2. The molecule has 2 rings (SSSR count). The molecule has 0 fully saturated rings. The maximum absolute atomic E-state index is 11.7. The first kappa shape index (κ1) is 17.3. The summed E-state index contributed by atoms with van der Waals surface area (Å²) in [6, 6.07) is 3.51. The second kappa shape index (κ2) is 7.49. The Morgan fingerprint density at radius 2 is 1.75 bits per heavy atom. The minimum atomic E-state index is -0.201. The first-order valence-corrected chi connectivity index (χ1v) is 7.16. The van der Waals surface area contributed by atoms with Gasteiger partial charge < -0.3 is 14.2 Å². The summed E-state index contributed by atoms with van der Waals surface area (Å²) < 4.78 is 15.8. The third kappa shape index (κ3) is 3.65. The van der Waals surface area contributed by atoms with Gasteiger partial charge in [-0.25, -0.2) is 10.4 Å². The Morgan fingerprint density at radius 3 is 2.25 bits per heavy atom. The molecule has 0 saturated heterocycles. The number of anilines is 1. The maximum atomic E-state index is 11.7. The van der Waals surface area contributed by atoms with E-state index in [2.05, 4.69) is 20.5 Å². The van der Waals surface area contributed by atoms with Gasteiger partial charge in [0.2, 0.25) is 11.7 Å². The van der Waals surface area contributed by atoms with Crippen LogP contribution in [0.25, 0.3) is 0 Å². The topological polar surface area (TPSA) is 97.8 Å². The van der Waals surface area contributed by atoms with Crippen molar-refractivity contribution in [2.24, 2.45) is 5.10 Å². The first-order chi connectivity index (χ1) is 11.5. The van der Waals surface area contributed by atoms with E-state index < -0.39 is 0 Å². The molecule has 8 heteroatoms. The van der Waals surface area contributed by atoms with E-state index in [-0.39, 0.29) is 11.5 Å². The lowest BCUT2D eigenvalue weighted by molar-refractivity contribution is 0.324. The van der Waals surface area contributed by atoms with Gasteiger partial charge in [-0.3, -0.25) is 9.78 Å². The van der Waals surface area contributed by atoms with Crippen LogP contribution in [0.15, 0.2) is 22.0 Å². The van der Waals surface area contributed by atoms with Crippen molar-refractivity contribution >= 4 is 12.2 Å². The minimum Gasteiger partial charge on any atom is -0.493 e. The molecule has 0 radical (unpaired) electrons. The first-order valence-electron chi connectivity index (χ1n) is 7.16. The smallest absolute Gasteiger partial charge is 0.255 e. The predicted octanol–water partition coefficient (Wildman–Crippen LogP) is 1.86. The second-order valence-electron chi connectivity index (χ2n) is 4.95. The highest BCUT2D eigenvalue weighted by molar-refractivity contribution is 5.82. The third-order valence-corrected chi connectivity index (χ3v) is 3.47. The standard InChI is InChI=1S/C16H20N4O4/c1-9-10(2)18-16(19-15(9)21)20-17-8-11-6-12(22-3)14(24-5)13(7-11)23-4/h6-8H,1-5H3,(H2,18,19,20,21)/b17-8-. The van der Waals surface area contributed by atoms with E-state index in [9.17, 15) is 4.79 Å². The van der Waals surface area contributed by atoms with Crippen LogP contribution in [0.4, 0.5) is 5.95 Å². The van der Waals surface area contributed by atoms with E-state index in [4.69, 9.17) is 14.2 Å². The predicted molar refractivity (Wildman–Crippen MR) is 91.6 cm³/mol. The van der Waals surface area contributed by atoms with Gasteiger partial charge in [-0.2, -0.15) is 5.10 Å². The average Bonchev–Trinajstić information content (AvgIpc) is 2.58. The van der Waals surface area contributed by atoms with Crippen LogP contribution < -0.4 is 25.2 Å². The fraction of sp³-hybridized carbons (Fsp3) is 0.312. The number of rotatable bonds is 6. The Labute approximate surface area is 139 Å². The van der Waals surface area contributed by atoms with E-state index >= 15 is 0 Å². The molecule has 8 nitrogen and oxygen atoms in total. The van der Waals surface area contributed by atoms with Crippen LogP contribution in [-0.2, 0) is 0 Å². The van der Waals surface area contributed by atoms with Crippen LogP contribution in [-0.4, -0.2) is 37.5 Å². The number of nitrogens with one attached hydrogen (secondary N) is 2. The summed E-state index contributed by atoms with van der Waals surface area (Å²) >= 11 is 0. The molecular formula is C16H20N4O4. The van der Waals surface area contributed by atoms with Gasteiger partial charge in [-0.1, -0.05) is 0 Å². The monoisotopic (exact) mass is 332 g/mol. The number of H-pyrrole nitrogens is 1. The molecule has 1 aromatic carbocycles. The summed E-state index contributed by atoms with van der Waals surface area (Å²) in [6.07, 6.45) is 1.56. The van der Waals surface area contributed by atoms with Gasteiger partial charge in [0.1, 0.15) is 0 Å². The van der Waals surface area contributed by atoms with Gasteiger partial charge in [0.15, 0.2) is 11.5 Å². The summed E-state index contributed by atoms with van der Waals surface area (Å²) in [5.41, 5.74) is 4.44. The maximum Gasteiger partial charge on any atom is 0.255 e. The number of benzene rings is 1. The van der Waals surface area contributed by atoms with Crippen molar-refractivity contribution in [3.8, 4) is 17.2 Å². The molecule has 0 aliphatic heterocycles. The van der Waals surface area contributed by atoms with E-state index in [1.807, 2.05) is 0 Å². The van der Waals surface area contributed by atoms with Crippen LogP contribution in [0.1, 0.15) is 16.8 Å². The molecule has 0 unspecified atom stereocenters. The Bertz CT molecular complexity index is 789. The summed E-state index contributed by atoms with van der Waals surface area (Å²) in [4.78, 5) is 18.5. The fourth-order valence-corrected chi connectivity index (χ4v) is 2.04. The molecule has 0 amide bonds. The molecule has 0 saturated carbocycles. The number of aromatic amines is 1. The molecule has 1 aromatic heterocycles. The number of hydrazone groups is 1. The van der Waals surface area contributed by atoms with Crippen molar-refractivity contribution in [3.63, 3.8) is 0 Å². The molecule has 0 bridgehead atoms. The fourth-order valence-electron chi connectivity index (χ4n) is 2.04. The minimum absolute atomic E-state index is 0.201. The molecule has 2 aromatic rings. The number of aromatic nitrogens is 2. The molecule has 128 valence electrons. The second-order valence-corrected chi connectivity index (χ2v) is 4.95. The van der Waals surface area contributed by atoms with Crippen molar-refractivity contribution in [1.29, 1.82) is 0 Å². The van der Waals surface area contributed by atoms with Gasteiger partial charge in [-0.15, -0.1) is 0 Å². The number of hydrogen-bond donors (Lipinski definition) is 2. The summed E-state index contributed by atoms with van der Waals surface area (Å²) in [5, 5.41) is 4.07. The molecule has 0 spiro atoms. The zero-order valence-electron chi connectivity index (χ0n) is 14.3. The van der Waals surface area contributed by atoms with Gasteiger partial charge in [0, 0.05) is 16.8 Å². The van der Waals surface area contributed by atoms with Crippen molar-refractivity contribution in [3.05, 3.63) is 39.3 Å². The number of hydrogen-bond acceptors (Lipinski definition) is 7.